The van der Waals surface area contributed by atoms with E-state index in [0.717, 1.165) is 29.7 Å². The van der Waals surface area contributed by atoms with Crippen molar-refractivity contribution in [2.75, 3.05) is 33.2 Å². The number of sulfonamides is 1. The standard InChI is InChI=1S/C14H20Br2N2O2S/c1-11-9-13(16)14(10-12(11)15)21(19,20)17(2)7-8-18-5-3-4-6-18/h9-10H,3-8H2,1-2H3. The Hall–Kier alpha value is 0.0500. The van der Waals surface area contributed by atoms with Crippen LogP contribution in [0.15, 0.2) is 26.0 Å². The van der Waals surface area contributed by atoms with Crippen LogP contribution in [-0.4, -0.2) is 50.8 Å². The summed E-state index contributed by atoms with van der Waals surface area (Å²) in [6, 6.07) is 3.49. The Balaban J connectivity index is 2.14. The van der Waals surface area contributed by atoms with E-state index >= 15 is 0 Å². The monoisotopic (exact) mass is 438 g/mol. The van der Waals surface area contributed by atoms with Crippen LogP contribution in [-0.2, 0) is 10.0 Å². The highest BCUT2D eigenvalue weighted by Crippen LogP contribution is 2.30. The Labute approximate surface area is 143 Å². The van der Waals surface area contributed by atoms with Crippen LogP contribution in [0, 0.1) is 6.92 Å². The second-order valence-electron chi connectivity index (χ2n) is 5.41. The van der Waals surface area contributed by atoms with Crippen molar-refractivity contribution < 1.29 is 8.42 Å². The van der Waals surface area contributed by atoms with E-state index in [1.165, 1.54) is 17.1 Å². The van der Waals surface area contributed by atoms with E-state index in [1.54, 1.807) is 13.1 Å². The molecule has 0 unspecified atom stereocenters. The molecule has 0 atom stereocenters. The van der Waals surface area contributed by atoms with Gasteiger partial charge in [0.15, 0.2) is 0 Å². The lowest BCUT2D eigenvalue weighted by Gasteiger charge is -2.22. The van der Waals surface area contributed by atoms with Gasteiger partial charge in [-0.15, -0.1) is 0 Å². The molecule has 0 bridgehead atoms. The number of halogens is 2. The van der Waals surface area contributed by atoms with E-state index in [9.17, 15) is 8.42 Å². The van der Waals surface area contributed by atoms with Crippen LogP contribution in [0.5, 0.6) is 0 Å². The van der Waals surface area contributed by atoms with Crippen LogP contribution in [0.3, 0.4) is 0 Å². The van der Waals surface area contributed by atoms with Crippen molar-refractivity contribution in [3.63, 3.8) is 0 Å². The third kappa shape index (κ3) is 4.07. The fourth-order valence-electron chi connectivity index (χ4n) is 2.40. The van der Waals surface area contributed by atoms with E-state index in [2.05, 4.69) is 36.8 Å². The van der Waals surface area contributed by atoms with E-state index in [0.29, 0.717) is 15.9 Å². The molecule has 4 nitrogen and oxygen atoms in total. The summed E-state index contributed by atoms with van der Waals surface area (Å²) in [5.41, 5.74) is 1.00. The van der Waals surface area contributed by atoms with Gasteiger partial charge in [-0.1, -0.05) is 15.9 Å². The second-order valence-corrected chi connectivity index (χ2v) is 9.13. The van der Waals surface area contributed by atoms with Gasteiger partial charge in [-0.25, -0.2) is 8.42 Å². The van der Waals surface area contributed by atoms with Crippen LogP contribution < -0.4 is 0 Å². The number of likely N-dealkylation sites (N-methyl/N-ethyl adjacent to an activating group) is 1. The maximum absolute atomic E-state index is 12.7. The molecule has 1 aliphatic rings. The zero-order chi connectivity index (χ0) is 15.6. The first-order chi connectivity index (χ1) is 9.82. The van der Waals surface area contributed by atoms with E-state index in [-0.39, 0.29) is 0 Å². The van der Waals surface area contributed by atoms with E-state index in [1.807, 2.05) is 13.0 Å². The molecular weight excluding hydrogens is 420 g/mol. The molecule has 0 amide bonds. The summed E-state index contributed by atoms with van der Waals surface area (Å²) in [7, 11) is -1.83. The largest absolute Gasteiger partial charge is 0.302 e. The lowest BCUT2D eigenvalue weighted by Crippen LogP contribution is -2.35. The Morgan fingerprint density at radius 3 is 2.43 bits per heavy atom. The Kier molecular flexibility index (Phi) is 5.87. The minimum Gasteiger partial charge on any atom is -0.302 e. The quantitative estimate of drug-likeness (QED) is 0.706. The molecule has 0 spiro atoms. The first-order valence-electron chi connectivity index (χ1n) is 6.96. The van der Waals surface area contributed by atoms with Crippen molar-refractivity contribution in [1.82, 2.24) is 9.21 Å². The molecule has 1 fully saturated rings. The molecule has 2 rings (SSSR count). The third-order valence-electron chi connectivity index (χ3n) is 3.83. The summed E-state index contributed by atoms with van der Waals surface area (Å²) in [5, 5.41) is 0. The summed E-state index contributed by atoms with van der Waals surface area (Å²) < 4.78 is 28.2. The summed E-state index contributed by atoms with van der Waals surface area (Å²) in [5.74, 6) is 0. The summed E-state index contributed by atoms with van der Waals surface area (Å²) in [4.78, 5) is 2.62. The maximum atomic E-state index is 12.7. The van der Waals surface area contributed by atoms with Gasteiger partial charge in [0, 0.05) is 29.1 Å². The van der Waals surface area contributed by atoms with Gasteiger partial charge < -0.3 is 4.90 Å². The fourth-order valence-corrected chi connectivity index (χ4v) is 5.20. The Bertz CT molecular complexity index is 614. The first-order valence-corrected chi connectivity index (χ1v) is 9.99. The van der Waals surface area contributed by atoms with Crippen LogP contribution in [0.4, 0.5) is 0 Å². The number of benzene rings is 1. The van der Waals surface area contributed by atoms with Crippen molar-refractivity contribution in [3.05, 3.63) is 26.6 Å². The molecule has 0 radical (unpaired) electrons. The van der Waals surface area contributed by atoms with Gasteiger partial charge in [0.05, 0.1) is 4.90 Å². The lowest BCUT2D eigenvalue weighted by molar-refractivity contribution is 0.310. The molecule has 1 aromatic rings. The number of hydrogen-bond donors (Lipinski definition) is 0. The van der Waals surface area contributed by atoms with Crippen molar-refractivity contribution in [3.8, 4) is 0 Å². The van der Waals surface area contributed by atoms with Gasteiger partial charge in [-0.05, 0) is 66.5 Å². The molecule has 21 heavy (non-hydrogen) atoms. The summed E-state index contributed by atoms with van der Waals surface area (Å²) in [6.07, 6.45) is 2.43. The molecule has 1 aliphatic heterocycles. The molecule has 1 saturated heterocycles. The van der Waals surface area contributed by atoms with Crippen LogP contribution in [0.25, 0.3) is 0 Å². The van der Waals surface area contributed by atoms with Gasteiger partial charge in [-0.2, -0.15) is 4.31 Å². The van der Waals surface area contributed by atoms with Crippen LogP contribution in [0.1, 0.15) is 18.4 Å². The first kappa shape index (κ1) is 17.4. The molecular formula is C14H20Br2N2O2S. The Morgan fingerprint density at radius 1 is 1.19 bits per heavy atom. The van der Waals surface area contributed by atoms with Crippen molar-refractivity contribution in [2.45, 2.75) is 24.7 Å². The van der Waals surface area contributed by atoms with Crippen molar-refractivity contribution in [1.29, 1.82) is 0 Å². The predicted molar refractivity (Wildman–Crippen MR) is 92.1 cm³/mol. The summed E-state index contributed by atoms with van der Waals surface area (Å²) >= 11 is 6.77. The molecule has 1 heterocycles. The molecule has 118 valence electrons. The Morgan fingerprint density at radius 2 is 1.81 bits per heavy atom. The SMILES string of the molecule is Cc1cc(Br)c(S(=O)(=O)N(C)CCN2CCCC2)cc1Br. The van der Waals surface area contributed by atoms with Gasteiger partial charge in [-0.3, -0.25) is 0 Å². The van der Waals surface area contributed by atoms with Gasteiger partial charge >= 0.3 is 0 Å². The average Bonchev–Trinajstić information content (AvgIpc) is 2.93. The zero-order valence-corrected chi connectivity index (χ0v) is 16.3. The topological polar surface area (TPSA) is 40.6 Å². The van der Waals surface area contributed by atoms with Gasteiger partial charge in [0.25, 0.3) is 0 Å². The highest BCUT2D eigenvalue weighted by atomic mass is 79.9. The number of likely N-dealkylation sites (tertiary alicyclic amines) is 1. The summed E-state index contributed by atoms with van der Waals surface area (Å²) in [6.45, 7) is 5.39. The normalized spacial score (nSPS) is 16.8. The number of rotatable bonds is 5. The minimum absolute atomic E-state index is 0.309. The highest BCUT2D eigenvalue weighted by Gasteiger charge is 2.25. The lowest BCUT2D eigenvalue weighted by atomic mass is 10.2. The fraction of sp³-hybridized carbons (Fsp3) is 0.571. The zero-order valence-electron chi connectivity index (χ0n) is 12.3. The van der Waals surface area contributed by atoms with Gasteiger partial charge in [0.2, 0.25) is 10.0 Å². The molecule has 7 heteroatoms. The number of hydrogen-bond acceptors (Lipinski definition) is 3. The van der Waals surface area contributed by atoms with E-state index < -0.39 is 10.0 Å². The van der Waals surface area contributed by atoms with Crippen molar-refractivity contribution >= 4 is 41.9 Å². The number of nitrogens with zero attached hydrogens (tertiary/aromatic N) is 2. The average molecular weight is 440 g/mol. The molecule has 0 aliphatic carbocycles. The number of aryl methyl sites for hydroxylation is 1. The molecule has 0 saturated carbocycles. The molecule has 0 aromatic heterocycles. The maximum Gasteiger partial charge on any atom is 0.244 e. The minimum atomic E-state index is -3.47. The van der Waals surface area contributed by atoms with Crippen molar-refractivity contribution in [2.24, 2.45) is 0 Å². The van der Waals surface area contributed by atoms with Gasteiger partial charge in [0.1, 0.15) is 0 Å². The molecule has 0 N–H and O–H groups in total. The highest BCUT2D eigenvalue weighted by molar-refractivity contribution is 9.11. The predicted octanol–water partition coefficient (Wildman–Crippen LogP) is 3.24. The second kappa shape index (κ2) is 7.08. The van der Waals surface area contributed by atoms with E-state index in [4.69, 9.17) is 0 Å². The van der Waals surface area contributed by atoms with Crippen LogP contribution in [0.2, 0.25) is 0 Å². The van der Waals surface area contributed by atoms with Crippen LogP contribution >= 0.6 is 31.9 Å². The third-order valence-corrected chi connectivity index (χ3v) is 7.50. The molecule has 1 aromatic carbocycles. The smallest absolute Gasteiger partial charge is 0.244 e.